The normalized spacial score (nSPS) is 13.2. The van der Waals surface area contributed by atoms with Crippen molar-refractivity contribution in [3.05, 3.63) is 24.2 Å². The lowest BCUT2D eigenvalue weighted by Gasteiger charge is -2.11. The van der Waals surface area contributed by atoms with Gasteiger partial charge >= 0.3 is 0 Å². The summed E-state index contributed by atoms with van der Waals surface area (Å²) in [7, 11) is 0. The number of ether oxygens (including phenoxy) is 1. The van der Waals surface area contributed by atoms with Crippen LogP contribution in [0.25, 0.3) is 11.2 Å². The molecule has 0 N–H and O–H groups in total. The quantitative estimate of drug-likeness (QED) is 0.574. The maximum atomic E-state index is 6.23. The third kappa shape index (κ3) is 3.70. The van der Waals surface area contributed by atoms with E-state index in [9.17, 15) is 0 Å². The number of hydrogen-bond acceptors (Lipinski definition) is 3. The van der Waals surface area contributed by atoms with E-state index in [1.54, 1.807) is 6.20 Å². The summed E-state index contributed by atoms with van der Waals surface area (Å²) in [6, 6.07) is 3.88. The van der Waals surface area contributed by atoms with Gasteiger partial charge < -0.3 is 9.30 Å². The second-order valence-corrected chi connectivity index (χ2v) is 5.87. The first kappa shape index (κ1) is 15.3. The van der Waals surface area contributed by atoms with Gasteiger partial charge in [-0.3, -0.25) is 0 Å². The third-order valence-corrected chi connectivity index (χ3v) is 3.31. The monoisotopic (exact) mass is 295 g/mol. The number of nitrogens with zero attached hydrogens (tertiary/aromatic N) is 3. The molecule has 5 heteroatoms. The molecule has 0 radical (unpaired) electrons. The number of halogens is 1. The van der Waals surface area contributed by atoms with Crippen molar-refractivity contribution >= 4 is 22.8 Å². The molecule has 0 aliphatic rings. The van der Waals surface area contributed by atoms with Crippen LogP contribution in [0.4, 0.5) is 0 Å². The van der Waals surface area contributed by atoms with Gasteiger partial charge in [0.25, 0.3) is 0 Å². The second-order valence-electron chi connectivity index (χ2n) is 5.21. The van der Waals surface area contributed by atoms with Gasteiger partial charge in [0.15, 0.2) is 5.65 Å². The number of hydrogen-bond donors (Lipinski definition) is 0. The molecule has 0 saturated heterocycles. The summed E-state index contributed by atoms with van der Waals surface area (Å²) < 4.78 is 7.69. The largest absolute Gasteiger partial charge is 0.379 e. The van der Waals surface area contributed by atoms with Crippen molar-refractivity contribution in [2.24, 2.45) is 0 Å². The van der Waals surface area contributed by atoms with Crippen LogP contribution in [0.5, 0.6) is 0 Å². The van der Waals surface area contributed by atoms with Crippen molar-refractivity contribution in [3.8, 4) is 0 Å². The second kappa shape index (κ2) is 7.04. The van der Waals surface area contributed by atoms with Crippen molar-refractivity contribution in [1.29, 1.82) is 0 Å². The molecule has 1 atom stereocenters. The van der Waals surface area contributed by atoms with Gasteiger partial charge in [0.1, 0.15) is 11.3 Å². The van der Waals surface area contributed by atoms with E-state index >= 15 is 0 Å². The Morgan fingerprint density at radius 1 is 1.30 bits per heavy atom. The average Bonchev–Trinajstić information content (AvgIpc) is 2.77. The van der Waals surface area contributed by atoms with Crippen LogP contribution in [0.15, 0.2) is 18.3 Å². The molecule has 4 nitrogen and oxygen atoms in total. The summed E-state index contributed by atoms with van der Waals surface area (Å²) in [5.74, 6) is 0.894. The van der Waals surface area contributed by atoms with Crippen LogP contribution in [0.2, 0.25) is 0 Å². The third-order valence-electron chi connectivity index (χ3n) is 3.12. The average molecular weight is 296 g/mol. The van der Waals surface area contributed by atoms with Gasteiger partial charge in [-0.05, 0) is 45.7 Å². The van der Waals surface area contributed by atoms with E-state index in [4.69, 9.17) is 16.3 Å². The number of imidazole rings is 1. The maximum absolute atomic E-state index is 6.23. The minimum Gasteiger partial charge on any atom is -0.379 e. The molecule has 1 unspecified atom stereocenters. The van der Waals surface area contributed by atoms with Gasteiger partial charge in [0, 0.05) is 19.3 Å². The molecule has 110 valence electrons. The summed E-state index contributed by atoms with van der Waals surface area (Å²) >= 11 is 6.23. The van der Waals surface area contributed by atoms with Crippen LogP contribution in [-0.2, 0) is 11.3 Å². The van der Waals surface area contributed by atoms with E-state index < -0.39 is 0 Å². The minimum atomic E-state index is -0.115. The molecule has 0 aliphatic heterocycles. The molecule has 2 aromatic heterocycles. The highest BCUT2D eigenvalue weighted by molar-refractivity contribution is 6.20. The van der Waals surface area contributed by atoms with E-state index in [0.29, 0.717) is 6.10 Å². The fraction of sp³-hybridized carbons (Fsp3) is 0.600. The number of pyridine rings is 1. The molecule has 0 bridgehead atoms. The lowest BCUT2D eigenvalue weighted by atomic mass is 10.3. The summed E-state index contributed by atoms with van der Waals surface area (Å²) in [6.45, 7) is 7.73. The van der Waals surface area contributed by atoms with E-state index in [-0.39, 0.29) is 5.38 Å². The topological polar surface area (TPSA) is 39.9 Å². The van der Waals surface area contributed by atoms with Gasteiger partial charge in [-0.15, -0.1) is 11.6 Å². The van der Waals surface area contributed by atoms with Crippen molar-refractivity contribution < 1.29 is 4.74 Å². The van der Waals surface area contributed by atoms with Crippen LogP contribution < -0.4 is 0 Å². The molecule has 0 spiro atoms. The zero-order valence-electron chi connectivity index (χ0n) is 12.3. The molecule has 0 amide bonds. The molecule has 0 saturated carbocycles. The standard InChI is InChI=1S/C15H22ClN3O/c1-11(2)20-10-5-4-9-19-14(12(3)16)18-13-7-6-8-17-15(13)19/h6-8,11-12H,4-5,9-10H2,1-3H3. The van der Waals surface area contributed by atoms with Crippen molar-refractivity contribution in [1.82, 2.24) is 14.5 Å². The van der Waals surface area contributed by atoms with E-state index in [1.807, 2.05) is 19.1 Å². The SMILES string of the molecule is CC(C)OCCCCn1c(C(C)Cl)nc2cccnc21. The fourth-order valence-electron chi connectivity index (χ4n) is 2.19. The van der Waals surface area contributed by atoms with Crippen LogP contribution in [0.1, 0.15) is 44.8 Å². The first-order chi connectivity index (χ1) is 9.59. The highest BCUT2D eigenvalue weighted by Gasteiger charge is 2.15. The van der Waals surface area contributed by atoms with Gasteiger partial charge in [-0.1, -0.05) is 0 Å². The highest BCUT2D eigenvalue weighted by Crippen LogP contribution is 2.23. The Balaban J connectivity index is 2.06. The molecule has 2 heterocycles. The number of unbranched alkanes of at least 4 members (excludes halogenated alkanes) is 1. The van der Waals surface area contributed by atoms with Gasteiger partial charge in [0.2, 0.25) is 0 Å². The molecule has 20 heavy (non-hydrogen) atoms. The Kier molecular flexibility index (Phi) is 5.38. The van der Waals surface area contributed by atoms with Gasteiger partial charge in [0.05, 0.1) is 11.5 Å². The highest BCUT2D eigenvalue weighted by atomic mass is 35.5. The maximum Gasteiger partial charge on any atom is 0.160 e. The Hall–Kier alpha value is -1.13. The van der Waals surface area contributed by atoms with E-state index in [2.05, 4.69) is 28.4 Å². The molecule has 0 aliphatic carbocycles. The predicted molar refractivity (Wildman–Crippen MR) is 82.1 cm³/mol. The van der Waals surface area contributed by atoms with Crippen molar-refractivity contribution in [2.45, 2.75) is 51.6 Å². The summed E-state index contributed by atoms with van der Waals surface area (Å²) in [4.78, 5) is 9.00. The number of aryl methyl sites for hydroxylation is 1. The van der Waals surface area contributed by atoms with Crippen LogP contribution >= 0.6 is 11.6 Å². The van der Waals surface area contributed by atoms with Gasteiger partial charge in [-0.2, -0.15) is 0 Å². The zero-order valence-corrected chi connectivity index (χ0v) is 13.1. The number of rotatable bonds is 7. The van der Waals surface area contributed by atoms with E-state index in [1.165, 1.54) is 0 Å². The molecular formula is C15H22ClN3O. The first-order valence-corrected chi connectivity index (χ1v) is 7.60. The molecular weight excluding hydrogens is 274 g/mol. The Labute approximate surface area is 125 Å². The van der Waals surface area contributed by atoms with Crippen LogP contribution in [0.3, 0.4) is 0 Å². The Bertz CT molecular complexity index is 551. The van der Waals surface area contributed by atoms with Crippen LogP contribution in [0, 0.1) is 0 Å². The number of fused-ring (bicyclic) bond motifs is 1. The summed E-state index contributed by atoms with van der Waals surface area (Å²) in [6.07, 6.45) is 4.15. The zero-order chi connectivity index (χ0) is 14.5. The fourth-order valence-corrected chi connectivity index (χ4v) is 2.36. The molecule has 0 aromatic carbocycles. The molecule has 2 rings (SSSR count). The lowest BCUT2D eigenvalue weighted by molar-refractivity contribution is 0.0754. The first-order valence-electron chi connectivity index (χ1n) is 7.16. The number of aromatic nitrogens is 3. The molecule has 2 aromatic rings. The Morgan fingerprint density at radius 2 is 2.10 bits per heavy atom. The predicted octanol–water partition coefficient (Wildman–Crippen LogP) is 3.94. The smallest absolute Gasteiger partial charge is 0.160 e. The van der Waals surface area contributed by atoms with Crippen molar-refractivity contribution in [3.63, 3.8) is 0 Å². The van der Waals surface area contributed by atoms with E-state index in [0.717, 1.165) is 43.0 Å². The molecule has 0 fully saturated rings. The summed E-state index contributed by atoms with van der Waals surface area (Å²) in [5, 5.41) is -0.115. The van der Waals surface area contributed by atoms with Crippen molar-refractivity contribution in [2.75, 3.05) is 6.61 Å². The Morgan fingerprint density at radius 3 is 2.80 bits per heavy atom. The number of alkyl halides is 1. The van der Waals surface area contributed by atoms with Gasteiger partial charge in [-0.25, -0.2) is 9.97 Å². The minimum absolute atomic E-state index is 0.115. The van der Waals surface area contributed by atoms with Crippen LogP contribution in [-0.4, -0.2) is 27.2 Å². The summed E-state index contributed by atoms with van der Waals surface area (Å²) in [5.41, 5.74) is 1.83. The lowest BCUT2D eigenvalue weighted by Crippen LogP contribution is -2.08.